The van der Waals surface area contributed by atoms with Gasteiger partial charge in [-0.1, -0.05) is 12.2 Å². The highest BCUT2D eigenvalue weighted by atomic mass is 16.6. The van der Waals surface area contributed by atoms with E-state index >= 15 is 0 Å². The summed E-state index contributed by atoms with van der Waals surface area (Å²) in [4.78, 5) is 35.7. The van der Waals surface area contributed by atoms with E-state index in [2.05, 4.69) is 17.3 Å². The van der Waals surface area contributed by atoms with Crippen LogP contribution in [0.5, 0.6) is 0 Å². The Kier molecular flexibility index (Phi) is 2.81. The number of hydrogen-bond acceptors (Lipinski definition) is 5. The lowest BCUT2D eigenvalue weighted by molar-refractivity contribution is -0.384. The first-order chi connectivity index (χ1) is 12.1. The number of rotatable bonds is 3. The van der Waals surface area contributed by atoms with Gasteiger partial charge in [-0.2, -0.15) is 10.1 Å². The van der Waals surface area contributed by atoms with Crippen molar-refractivity contribution in [3.8, 4) is 0 Å². The third-order valence-corrected chi connectivity index (χ3v) is 6.07. The molecule has 25 heavy (non-hydrogen) atoms. The Morgan fingerprint density at radius 1 is 1.04 bits per heavy atom. The molecule has 1 saturated heterocycles. The Balaban J connectivity index is 1.39. The lowest BCUT2D eigenvalue weighted by Crippen LogP contribution is -2.40. The molecule has 2 amide bonds. The molecule has 0 aromatic heterocycles. The molecule has 7 heteroatoms. The minimum Gasteiger partial charge on any atom is -0.272 e. The summed E-state index contributed by atoms with van der Waals surface area (Å²) in [5.41, 5.74) is 0.586. The SMILES string of the molecule is O=C1[C@@H]2[C@@H]3C=C[C@H]([C@H]4C[C@H]34)[C@@H]2C(=O)N1/N=C/c1ccc([N+](=O)[O-])cc1. The molecular weight excluding hydrogens is 322 g/mol. The average Bonchev–Trinajstić information content (AvgIpc) is 3.39. The van der Waals surface area contributed by atoms with Crippen LogP contribution < -0.4 is 0 Å². The van der Waals surface area contributed by atoms with Gasteiger partial charge in [-0.3, -0.25) is 19.7 Å². The number of hydrogen-bond donors (Lipinski definition) is 0. The molecule has 0 spiro atoms. The first-order valence-electron chi connectivity index (χ1n) is 8.41. The van der Waals surface area contributed by atoms with Crippen LogP contribution in [0.4, 0.5) is 5.69 Å². The highest BCUT2D eigenvalue weighted by Gasteiger charge is 2.67. The molecule has 2 saturated carbocycles. The molecule has 5 aliphatic rings. The van der Waals surface area contributed by atoms with E-state index < -0.39 is 4.92 Å². The van der Waals surface area contributed by atoms with Gasteiger partial charge in [-0.25, -0.2) is 0 Å². The fraction of sp³-hybridized carbons (Fsp3) is 0.389. The van der Waals surface area contributed by atoms with Crippen LogP contribution in [0.25, 0.3) is 0 Å². The molecule has 126 valence electrons. The molecule has 6 atom stereocenters. The molecule has 0 N–H and O–H groups in total. The minimum atomic E-state index is -0.479. The first kappa shape index (κ1) is 14.5. The van der Waals surface area contributed by atoms with Gasteiger partial charge in [0.05, 0.1) is 23.0 Å². The van der Waals surface area contributed by atoms with Crippen molar-refractivity contribution in [3.63, 3.8) is 0 Å². The van der Waals surface area contributed by atoms with Gasteiger partial charge in [0.2, 0.25) is 0 Å². The van der Waals surface area contributed by atoms with Crippen LogP contribution in [-0.4, -0.2) is 28.0 Å². The van der Waals surface area contributed by atoms with Crippen molar-refractivity contribution in [1.82, 2.24) is 5.01 Å². The molecule has 7 nitrogen and oxygen atoms in total. The summed E-state index contributed by atoms with van der Waals surface area (Å²) in [5.74, 6) is 0.529. The van der Waals surface area contributed by atoms with Crippen LogP contribution in [0.1, 0.15) is 12.0 Å². The average molecular weight is 337 g/mol. The number of nitrogens with zero attached hydrogens (tertiary/aromatic N) is 3. The number of imide groups is 1. The van der Waals surface area contributed by atoms with Crippen molar-refractivity contribution < 1.29 is 14.5 Å². The van der Waals surface area contributed by atoms with E-state index in [-0.39, 0.29) is 41.2 Å². The van der Waals surface area contributed by atoms with Crippen LogP contribution in [0.3, 0.4) is 0 Å². The lowest BCUT2D eigenvalue weighted by atomic mass is 9.63. The first-order valence-corrected chi connectivity index (χ1v) is 8.41. The molecule has 0 unspecified atom stereocenters. The minimum absolute atomic E-state index is 0.0154. The van der Waals surface area contributed by atoms with Crippen molar-refractivity contribution in [2.24, 2.45) is 40.6 Å². The van der Waals surface area contributed by atoms with Crippen molar-refractivity contribution >= 4 is 23.7 Å². The molecule has 0 radical (unpaired) electrons. The fourth-order valence-corrected chi connectivity index (χ4v) is 4.86. The van der Waals surface area contributed by atoms with Crippen molar-refractivity contribution in [1.29, 1.82) is 0 Å². The van der Waals surface area contributed by atoms with Crippen LogP contribution in [0, 0.1) is 45.6 Å². The van der Waals surface area contributed by atoms with E-state index in [4.69, 9.17) is 0 Å². The number of carbonyl (C=O) groups excluding carboxylic acids is 2. The van der Waals surface area contributed by atoms with Gasteiger partial charge in [0.1, 0.15) is 0 Å². The van der Waals surface area contributed by atoms with E-state index in [1.807, 2.05) is 0 Å². The zero-order valence-corrected chi connectivity index (χ0v) is 13.2. The van der Waals surface area contributed by atoms with Crippen molar-refractivity contribution in [3.05, 3.63) is 52.1 Å². The number of hydrazone groups is 1. The number of non-ortho nitro benzene ring substituents is 1. The summed E-state index contributed by atoms with van der Waals surface area (Å²) in [7, 11) is 0. The van der Waals surface area contributed by atoms with Gasteiger partial charge < -0.3 is 0 Å². The number of nitro benzene ring substituents is 1. The summed E-state index contributed by atoms with van der Waals surface area (Å²) in [5, 5.41) is 15.8. The number of benzene rings is 1. The summed E-state index contributed by atoms with van der Waals surface area (Å²) in [6, 6.07) is 5.82. The lowest BCUT2D eigenvalue weighted by Gasteiger charge is -2.37. The number of amides is 2. The Labute approximate surface area is 143 Å². The maximum atomic E-state index is 12.7. The van der Waals surface area contributed by atoms with E-state index in [0.717, 1.165) is 11.4 Å². The molecular formula is C18H15N3O4. The van der Waals surface area contributed by atoms with Crippen LogP contribution in [0.15, 0.2) is 41.5 Å². The Morgan fingerprint density at radius 2 is 1.60 bits per heavy atom. The third kappa shape index (κ3) is 1.95. The maximum Gasteiger partial charge on any atom is 0.269 e. The van der Waals surface area contributed by atoms with Gasteiger partial charge >= 0.3 is 0 Å². The van der Waals surface area contributed by atoms with Crippen molar-refractivity contribution in [2.75, 3.05) is 0 Å². The topological polar surface area (TPSA) is 92.9 Å². The third-order valence-electron chi connectivity index (χ3n) is 6.07. The van der Waals surface area contributed by atoms with E-state index in [1.165, 1.54) is 18.3 Å². The Morgan fingerprint density at radius 3 is 2.12 bits per heavy atom. The monoisotopic (exact) mass is 337 g/mol. The summed E-state index contributed by atoms with van der Waals surface area (Å²) in [6.07, 6.45) is 6.78. The second-order valence-electron chi connectivity index (χ2n) is 7.24. The quantitative estimate of drug-likeness (QED) is 0.277. The van der Waals surface area contributed by atoms with Gasteiger partial charge in [0, 0.05) is 12.1 Å². The zero-order chi connectivity index (χ0) is 17.3. The van der Waals surface area contributed by atoms with Crippen molar-refractivity contribution in [2.45, 2.75) is 6.42 Å². The molecule has 1 aromatic carbocycles. The van der Waals surface area contributed by atoms with E-state index in [0.29, 0.717) is 17.4 Å². The highest BCUT2D eigenvalue weighted by Crippen LogP contribution is 2.65. The molecule has 2 bridgehead atoms. The molecule has 1 aliphatic heterocycles. The van der Waals surface area contributed by atoms with Crippen LogP contribution in [-0.2, 0) is 9.59 Å². The zero-order valence-electron chi connectivity index (χ0n) is 13.2. The normalized spacial score (nSPS) is 37.5. The van der Waals surface area contributed by atoms with Gasteiger partial charge in [0.15, 0.2) is 0 Å². The molecule has 4 aliphatic carbocycles. The van der Waals surface area contributed by atoms with Crippen LogP contribution >= 0.6 is 0 Å². The predicted molar refractivity (Wildman–Crippen MR) is 87.2 cm³/mol. The smallest absolute Gasteiger partial charge is 0.269 e. The molecule has 6 rings (SSSR count). The van der Waals surface area contributed by atoms with E-state index in [9.17, 15) is 19.7 Å². The van der Waals surface area contributed by atoms with Gasteiger partial charge in [-0.05, 0) is 47.8 Å². The summed E-state index contributed by atoms with van der Waals surface area (Å²) >= 11 is 0. The van der Waals surface area contributed by atoms with E-state index in [1.54, 1.807) is 12.1 Å². The second kappa shape index (κ2) is 4.84. The largest absolute Gasteiger partial charge is 0.272 e. The van der Waals surface area contributed by atoms with Gasteiger partial charge in [0.25, 0.3) is 17.5 Å². The molecule has 1 heterocycles. The van der Waals surface area contributed by atoms with Gasteiger partial charge in [-0.15, -0.1) is 0 Å². The Hall–Kier alpha value is -2.83. The Bertz CT molecular complexity index is 824. The number of allylic oxidation sites excluding steroid dienone is 2. The standard InChI is InChI=1S/C18H15N3O4/c22-17-15-11-5-6-12(14-7-13(11)14)16(15)18(23)20(17)19-8-9-1-3-10(4-2-9)21(24)25/h1-6,8,11-16H,7H2/b19-8+/t11-,12-,13-,14-,15-,16+/m1/s1. The molecule has 1 aromatic rings. The molecule has 3 fully saturated rings. The number of carbonyl (C=O) groups is 2. The summed E-state index contributed by atoms with van der Waals surface area (Å²) < 4.78 is 0. The van der Waals surface area contributed by atoms with Crippen LogP contribution in [0.2, 0.25) is 0 Å². The summed E-state index contributed by atoms with van der Waals surface area (Å²) in [6.45, 7) is 0. The second-order valence-corrected chi connectivity index (χ2v) is 7.24. The number of nitro groups is 1. The predicted octanol–water partition coefficient (Wildman–Crippen LogP) is 1.98. The highest BCUT2D eigenvalue weighted by molar-refractivity contribution is 6.06. The fourth-order valence-electron chi connectivity index (χ4n) is 4.86. The maximum absolute atomic E-state index is 12.7.